The van der Waals surface area contributed by atoms with Crippen molar-refractivity contribution in [2.24, 2.45) is 0 Å². The second-order valence-electron chi connectivity index (χ2n) is 8.10. The van der Waals surface area contributed by atoms with Gasteiger partial charge in [-0.2, -0.15) is 5.10 Å². The van der Waals surface area contributed by atoms with Crippen molar-refractivity contribution in [1.29, 1.82) is 0 Å². The number of likely N-dealkylation sites (tertiary alicyclic amines) is 1. The standard InChI is InChI=1S/C21H30N6O/c1-26(2)19-10-9-16(14-22-19)23-15-6-5-12-27(13-11-15)21(28)20-17-7-3-4-8-18(17)24-25-20/h9-10,14-15,23H,3-8,11-13H2,1-2H3,(H,24,25). The summed E-state index contributed by atoms with van der Waals surface area (Å²) in [5.74, 6) is 1.04. The van der Waals surface area contributed by atoms with Gasteiger partial charge in [0.1, 0.15) is 5.82 Å². The molecule has 2 N–H and O–H groups in total. The fraction of sp³-hybridized carbons (Fsp3) is 0.571. The molecule has 1 aliphatic carbocycles. The normalized spacial score (nSPS) is 19.6. The van der Waals surface area contributed by atoms with Crippen LogP contribution in [-0.2, 0) is 12.8 Å². The summed E-state index contributed by atoms with van der Waals surface area (Å²) < 4.78 is 0. The number of nitrogens with zero attached hydrogens (tertiary/aromatic N) is 4. The Bertz CT molecular complexity index is 813. The first-order valence-electron chi connectivity index (χ1n) is 10.4. The lowest BCUT2D eigenvalue weighted by molar-refractivity contribution is 0.0754. The van der Waals surface area contributed by atoms with E-state index in [4.69, 9.17) is 0 Å². The van der Waals surface area contributed by atoms with E-state index in [1.54, 1.807) is 0 Å². The van der Waals surface area contributed by atoms with Gasteiger partial charge < -0.3 is 15.1 Å². The van der Waals surface area contributed by atoms with Crippen LogP contribution in [-0.4, -0.2) is 59.2 Å². The van der Waals surface area contributed by atoms with Gasteiger partial charge in [-0.05, 0) is 57.1 Å². The molecule has 7 heteroatoms. The van der Waals surface area contributed by atoms with Crippen LogP contribution in [0.5, 0.6) is 0 Å². The first-order chi connectivity index (χ1) is 13.6. The second-order valence-corrected chi connectivity index (χ2v) is 8.10. The van der Waals surface area contributed by atoms with E-state index in [0.29, 0.717) is 11.7 Å². The molecule has 1 unspecified atom stereocenters. The van der Waals surface area contributed by atoms with E-state index in [0.717, 1.165) is 74.4 Å². The highest BCUT2D eigenvalue weighted by molar-refractivity contribution is 5.94. The minimum Gasteiger partial charge on any atom is -0.381 e. The lowest BCUT2D eigenvalue weighted by atomic mass is 9.95. The lowest BCUT2D eigenvalue weighted by Crippen LogP contribution is -2.33. The maximum atomic E-state index is 13.1. The predicted molar refractivity (Wildman–Crippen MR) is 111 cm³/mol. The van der Waals surface area contributed by atoms with Crippen molar-refractivity contribution in [1.82, 2.24) is 20.1 Å². The number of hydrogen-bond acceptors (Lipinski definition) is 5. The smallest absolute Gasteiger partial charge is 0.274 e. The third-order valence-corrected chi connectivity index (χ3v) is 5.85. The van der Waals surface area contributed by atoms with Crippen molar-refractivity contribution >= 4 is 17.4 Å². The van der Waals surface area contributed by atoms with Gasteiger partial charge >= 0.3 is 0 Å². The quantitative estimate of drug-likeness (QED) is 0.850. The molecule has 2 aromatic rings. The zero-order valence-corrected chi connectivity index (χ0v) is 16.9. The molecule has 3 heterocycles. The summed E-state index contributed by atoms with van der Waals surface area (Å²) in [5.41, 5.74) is 4.01. The van der Waals surface area contributed by atoms with E-state index in [2.05, 4.69) is 26.6 Å². The summed E-state index contributed by atoms with van der Waals surface area (Å²) in [4.78, 5) is 21.5. The molecule has 1 saturated heterocycles. The van der Waals surface area contributed by atoms with Crippen molar-refractivity contribution in [3.8, 4) is 0 Å². The molecule has 150 valence electrons. The van der Waals surface area contributed by atoms with E-state index in [9.17, 15) is 4.79 Å². The Morgan fingerprint density at radius 3 is 2.82 bits per heavy atom. The third-order valence-electron chi connectivity index (χ3n) is 5.85. The summed E-state index contributed by atoms with van der Waals surface area (Å²) in [6, 6.07) is 4.46. The van der Waals surface area contributed by atoms with Gasteiger partial charge in [0.25, 0.3) is 5.91 Å². The zero-order chi connectivity index (χ0) is 19.5. The van der Waals surface area contributed by atoms with Crippen molar-refractivity contribution in [3.63, 3.8) is 0 Å². The number of fused-ring (bicyclic) bond motifs is 1. The topological polar surface area (TPSA) is 77.1 Å². The van der Waals surface area contributed by atoms with Crippen LogP contribution in [0.3, 0.4) is 0 Å². The summed E-state index contributed by atoms with van der Waals surface area (Å²) in [7, 11) is 3.98. The lowest BCUT2D eigenvalue weighted by Gasteiger charge is -2.21. The number of H-pyrrole nitrogens is 1. The molecule has 0 saturated carbocycles. The molecular formula is C21H30N6O. The molecule has 1 aliphatic heterocycles. The van der Waals surface area contributed by atoms with Gasteiger partial charge in [0.2, 0.25) is 0 Å². The fourth-order valence-corrected chi connectivity index (χ4v) is 4.22. The number of hydrogen-bond donors (Lipinski definition) is 2. The van der Waals surface area contributed by atoms with Crippen LogP contribution in [0.2, 0.25) is 0 Å². The molecule has 0 aromatic carbocycles. The monoisotopic (exact) mass is 382 g/mol. The molecule has 4 rings (SSSR count). The van der Waals surface area contributed by atoms with Crippen LogP contribution in [0, 0.1) is 0 Å². The van der Waals surface area contributed by atoms with E-state index in [1.165, 1.54) is 6.42 Å². The van der Waals surface area contributed by atoms with Gasteiger partial charge in [-0.1, -0.05) is 0 Å². The average Bonchev–Trinajstić information content (AvgIpc) is 3.00. The van der Waals surface area contributed by atoms with Gasteiger partial charge in [-0.15, -0.1) is 0 Å². The van der Waals surface area contributed by atoms with Gasteiger partial charge in [-0.3, -0.25) is 9.89 Å². The maximum absolute atomic E-state index is 13.1. The second kappa shape index (κ2) is 8.20. The SMILES string of the molecule is CN(C)c1ccc(NC2CCCN(C(=O)c3n[nH]c4c3CCCC4)CC2)cn1. The van der Waals surface area contributed by atoms with Crippen LogP contribution in [0.25, 0.3) is 0 Å². The highest BCUT2D eigenvalue weighted by Gasteiger charge is 2.27. The fourth-order valence-electron chi connectivity index (χ4n) is 4.22. The Balaban J connectivity index is 1.37. The molecule has 0 bridgehead atoms. The molecule has 1 fully saturated rings. The number of carbonyl (C=O) groups excluding carboxylic acids is 1. The van der Waals surface area contributed by atoms with Crippen LogP contribution in [0.4, 0.5) is 11.5 Å². The van der Waals surface area contributed by atoms with E-state index >= 15 is 0 Å². The minimum absolute atomic E-state index is 0.0945. The molecule has 7 nitrogen and oxygen atoms in total. The number of aromatic amines is 1. The molecule has 1 atom stereocenters. The van der Waals surface area contributed by atoms with Gasteiger partial charge in [0, 0.05) is 44.5 Å². The molecule has 2 aromatic heterocycles. The molecular weight excluding hydrogens is 352 g/mol. The number of amides is 1. The number of nitrogens with one attached hydrogen (secondary N) is 2. The third kappa shape index (κ3) is 3.98. The molecule has 0 spiro atoms. The Kier molecular flexibility index (Phi) is 5.50. The first-order valence-corrected chi connectivity index (χ1v) is 10.4. The van der Waals surface area contributed by atoms with Gasteiger partial charge in [0.15, 0.2) is 5.69 Å². The Labute approximate surface area is 166 Å². The van der Waals surface area contributed by atoms with E-state index in [-0.39, 0.29) is 5.91 Å². The first kappa shape index (κ1) is 18.8. The van der Waals surface area contributed by atoms with Crippen LogP contribution < -0.4 is 10.2 Å². The van der Waals surface area contributed by atoms with E-state index < -0.39 is 0 Å². The number of rotatable bonds is 4. The number of anilines is 2. The minimum atomic E-state index is 0.0945. The number of aryl methyl sites for hydroxylation is 1. The van der Waals surface area contributed by atoms with E-state index in [1.807, 2.05) is 36.2 Å². The van der Waals surface area contributed by atoms with Crippen molar-refractivity contribution in [3.05, 3.63) is 35.3 Å². The largest absolute Gasteiger partial charge is 0.381 e. The zero-order valence-electron chi connectivity index (χ0n) is 16.9. The highest BCUT2D eigenvalue weighted by Crippen LogP contribution is 2.24. The van der Waals surface area contributed by atoms with Crippen LogP contribution in [0.1, 0.15) is 53.8 Å². The molecule has 28 heavy (non-hydrogen) atoms. The number of carbonyl (C=O) groups is 1. The van der Waals surface area contributed by atoms with Gasteiger partial charge in [0.05, 0.1) is 11.9 Å². The molecule has 1 amide bonds. The Hall–Kier alpha value is -2.57. The Morgan fingerprint density at radius 1 is 1.18 bits per heavy atom. The number of pyridine rings is 1. The van der Waals surface area contributed by atoms with Crippen molar-refractivity contribution in [2.45, 2.75) is 51.0 Å². The highest BCUT2D eigenvalue weighted by atomic mass is 16.2. The van der Waals surface area contributed by atoms with Crippen molar-refractivity contribution < 1.29 is 4.79 Å². The average molecular weight is 383 g/mol. The van der Waals surface area contributed by atoms with Crippen LogP contribution in [0.15, 0.2) is 18.3 Å². The van der Waals surface area contributed by atoms with Crippen molar-refractivity contribution in [2.75, 3.05) is 37.4 Å². The molecule has 0 radical (unpaired) electrons. The van der Waals surface area contributed by atoms with Gasteiger partial charge in [-0.25, -0.2) is 4.98 Å². The predicted octanol–water partition coefficient (Wildman–Crippen LogP) is 2.86. The summed E-state index contributed by atoms with van der Waals surface area (Å²) >= 11 is 0. The summed E-state index contributed by atoms with van der Waals surface area (Å²) in [6.07, 6.45) is 9.21. The van der Waals surface area contributed by atoms with Crippen LogP contribution >= 0.6 is 0 Å². The summed E-state index contributed by atoms with van der Waals surface area (Å²) in [5, 5.41) is 11.1. The maximum Gasteiger partial charge on any atom is 0.274 e. The summed E-state index contributed by atoms with van der Waals surface area (Å²) in [6.45, 7) is 1.57. The number of aromatic nitrogens is 3. The molecule has 2 aliphatic rings. The Morgan fingerprint density at radius 2 is 2.04 bits per heavy atom.